The first-order valence-electron chi connectivity index (χ1n) is 6.58. The molecule has 2 aromatic carbocycles. The predicted octanol–water partition coefficient (Wildman–Crippen LogP) is 3.21. The topological polar surface area (TPSA) is 49.0 Å². The number of para-hydroxylation sites is 1. The van der Waals surface area contributed by atoms with Crippen LogP contribution >= 0.6 is 11.6 Å². The fraction of sp³-hybridized carbons (Fsp3) is 0.125. The summed E-state index contributed by atoms with van der Waals surface area (Å²) in [6.45, 7) is 0.526. The molecule has 0 aliphatic heterocycles. The SMILES string of the molecule is CN(Cc1nc2ccc(Cl)cc2c(=O)[nH]1)c1ccccc1. The van der Waals surface area contributed by atoms with Crippen LogP contribution in [0.5, 0.6) is 0 Å². The summed E-state index contributed by atoms with van der Waals surface area (Å²) in [4.78, 5) is 21.4. The first kappa shape index (κ1) is 13.6. The number of fused-ring (bicyclic) bond motifs is 1. The van der Waals surface area contributed by atoms with Crippen molar-refractivity contribution in [3.63, 3.8) is 0 Å². The third-order valence-electron chi connectivity index (χ3n) is 3.30. The van der Waals surface area contributed by atoms with Gasteiger partial charge in [0.1, 0.15) is 5.82 Å². The minimum Gasteiger partial charge on any atom is -0.367 e. The molecule has 4 nitrogen and oxygen atoms in total. The molecule has 0 bridgehead atoms. The van der Waals surface area contributed by atoms with Gasteiger partial charge in [0, 0.05) is 17.8 Å². The number of rotatable bonds is 3. The van der Waals surface area contributed by atoms with Crippen molar-refractivity contribution < 1.29 is 0 Å². The van der Waals surface area contributed by atoms with Gasteiger partial charge in [-0.05, 0) is 30.3 Å². The Kier molecular flexibility index (Phi) is 3.62. The maximum absolute atomic E-state index is 12.1. The van der Waals surface area contributed by atoms with Crippen LogP contribution in [0.25, 0.3) is 10.9 Å². The zero-order valence-corrected chi connectivity index (χ0v) is 12.3. The van der Waals surface area contributed by atoms with E-state index < -0.39 is 0 Å². The average molecular weight is 300 g/mol. The lowest BCUT2D eigenvalue weighted by Crippen LogP contribution is -2.21. The zero-order chi connectivity index (χ0) is 14.8. The Labute approximate surface area is 127 Å². The lowest BCUT2D eigenvalue weighted by atomic mass is 10.2. The van der Waals surface area contributed by atoms with E-state index in [1.54, 1.807) is 18.2 Å². The molecule has 0 aliphatic carbocycles. The monoisotopic (exact) mass is 299 g/mol. The highest BCUT2D eigenvalue weighted by Crippen LogP contribution is 2.16. The van der Waals surface area contributed by atoms with Crippen LogP contribution in [0.4, 0.5) is 5.69 Å². The van der Waals surface area contributed by atoms with Crippen molar-refractivity contribution in [3.05, 3.63) is 69.7 Å². The quantitative estimate of drug-likeness (QED) is 0.808. The Bertz CT molecular complexity index is 830. The molecule has 3 aromatic rings. The first-order chi connectivity index (χ1) is 10.1. The number of hydrogen-bond acceptors (Lipinski definition) is 3. The lowest BCUT2D eigenvalue weighted by Gasteiger charge is -2.18. The molecule has 1 heterocycles. The van der Waals surface area contributed by atoms with Crippen molar-refractivity contribution >= 4 is 28.2 Å². The van der Waals surface area contributed by atoms with Crippen LogP contribution in [-0.4, -0.2) is 17.0 Å². The van der Waals surface area contributed by atoms with Gasteiger partial charge in [0.2, 0.25) is 0 Å². The summed E-state index contributed by atoms with van der Waals surface area (Å²) in [6.07, 6.45) is 0. The second kappa shape index (κ2) is 5.58. The Hall–Kier alpha value is -2.33. The number of halogens is 1. The molecule has 106 valence electrons. The molecule has 0 aliphatic rings. The molecule has 0 spiro atoms. The number of nitrogens with one attached hydrogen (secondary N) is 1. The van der Waals surface area contributed by atoms with Crippen LogP contribution in [-0.2, 0) is 6.54 Å². The summed E-state index contributed by atoms with van der Waals surface area (Å²) in [5.41, 5.74) is 1.55. The molecule has 5 heteroatoms. The predicted molar refractivity (Wildman–Crippen MR) is 85.9 cm³/mol. The third-order valence-corrected chi connectivity index (χ3v) is 3.54. The van der Waals surface area contributed by atoms with Crippen molar-refractivity contribution in [3.8, 4) is 0 Å². The fourth-order valence-electron chi connectivity index (χ4n) is 2.23. The van der Waals surface area contributed by atoms with E-state index >= 15 is 0 Å². The van der Waals surface area contributed by atoms with Gasteiger partial charge in [-0.1, -0.05) is 29.8 Å². The number of hydrogen-bond donors (Lipinski definition) is 1. The van der Waals surface area contributed by atoms with Gasteiger partial charge in [-0.2, -0.15) is 0 Å². The van der Waals surface area contributed by atoms with Crippen LogP contribution in [0.1, 0.15) is 5.82 Å². The minimum atomic E-state index is -0.168. The summed E-state index contributed by atoms with van der Waals surface area (Å²) in [5.74, 6) is 0.626. The van der Waals surface area contributed by atoms with E-state index in [2.05, 4.69) is 9.97 Å². The summed E-state index contributed by atoms with van der Waals surface area (Å²) < 4.78 is 0. The molecule has 0 atom stereocenters. The van der Waals surface area contributed by atoms with Crippen LogP contribution in [0.3, 0.4) is 0 Å². The normalized spacial score (nSPS) is 10.8. The number of anilines is 1. The number of aromatic amines is 1. The number of nitrogens with zero attached hydrogens (tertiary/aromatic N) is 2. The van der Waals surface area contributed by atoms with Crippen LogP contribution < -0.4 is 10.5 Å². The van der Waals surface area contributed by atoms with Crippen molar-refractivity contribution in [2.24, 2.45) is 0 Å². The van der Waals surface area contributed by atoms with E-state index in [4.69, 9.17) is 11.6 Å². The van der Waals surface area contributed by atoms with Gasteiger partial charge in [0.15, 0.2) is 0 Å². The summed E-state index contributed by atoms with van der Waals surface area (Å²) >= 11 is 5.91. The molecule has 0 saturated carbocycles. The Morgan fingerprint density at radius 3 is 2.71 bits per heavy atom. The molecule has 1 N–H and O–H groups in total. The smallest absolute Gasteiger partial charge is 0.258 e. The van der Waals surface area contributed by atoms with Gasteiger partial charge in [-0.15, -0.1) is 0 Å². The second-order valence-corrected chi connectivity index (χ2v) is 5.30. The zero-order valence-electron chi connectivity index (χ0n) is 11.5. The van der Waals surface area contributed by atoms with Crippen LogP contribution in [0.2, 0.25) is 5.02 Å². The molecule has 0 amide bonds. The number of benzene rings is 2. The second-order valence-electron chi connectivity index (χ2n) is 4.87. The Morgan fingerprint density at radius 2 is 1.95 bits per heavy atom. The van der Waals surface area contributed by atoms with E-state index in [1.807, 2.05) is 42.3 Å². The highest BCUT2D eigenvalue weighted by Gasteiger charge is 2.07. The molecule has 21 heavy (non-hydrogen) atoms. The molecular formula is C16H14ClN3O. The summed E-state index contributed by atoms with van der Waals surface area (Å²) in [5, 5.41) is 1.04. The van der Waals surface area contributed by atoms with Gasteiger partial charge in [0.25, 0.3) is 5.56 Å². The highest BCUT2D eigenvalue weighted by atomic mass is 35.5. The Morgan fingerprint density at radius 1 is 1.19 bits per heavy atom. The Balaban J connectivity index is 1.95. The number of aromatic nitrogens is 2. The van der Waals surface area contributed by atoms with E-state index in [0.717, 1.165) is 5.69 Å². The molecule has 3 rings (SSSR count). The summed E-state index contributed by atoms with van der Waals surface area (Å²) in [7, 11) is 1.96. The fourth-order valence-corrected chi connectivity index (χ4v) is 2.40. The molecular weight excluding hydrogens is 286 g/mol. The van der Waals surface area contributed by atoms with Crippen molar-refractivity contribution in [2.75, 3.05) is 11.9 Å². The molecule has 0 unspecified atom stereocenters. The van der Waals surface area contributed by atoms with E-state index in [9.17, 15) is 4.79 Å². The molecule has 0 radical (unpaired) electrons. The largest absolute Gasteiger partial charge is 0.367 e. The van der Waals surface area contributed by atoms with Gasteiger partial charge >= 0.3 is 0 Å². The number of H-pyrrole nitrogens is 1. The third kappa shape index (κ3) is 2.90. The summed E-state index contributed by atoms with van der Waals surface area (Å²) in [6, 6.07) is 15.1. The highest BCUT2D eigenvalue weighted by molar-refractivity contribution is 6.31. The maximum atomic E-state index is 12.1. The van der Waals surface area contributed by atoms with Crippen molar-refractivity contribution in [1.82, 2.24) is 9.97 Å². The van der Waals surface area contributed by atoms with E-state index in [1.165, 1.54) is 0 Å². The van der Waals surface area contributed by atoms with Crippen LogP contribution in [0, 0.1) is 0 Å². The molecule has 0 fully saturated rings. The first-order valence-corrected chi connectivity index (χ1v) is 6.96. The standard InChI is InChI=1S/C16H14ClN3O/c1-20(12-5-3-2-4-6-12)10-15-18-14-8-7-11(17)9-13(14)16(21)19-15/h2-9H,10H2,1H3,(H,18,19,21). The minimum absolute atomic E-state index is 0.168. The van der Waals surface area contributed by atoms with Crippen molar-refractivity contribution in [1.29, 1.82) is 0 Å². The van der Waals surface area contributed by atoms with E-state index in [0.29, 0.717) is 28.3 Å². The van der Waals surface area contributed by atoms with Gasteiger partial charge in [0.05, 0.1) is 17.4 Å². The maximum Gasteiger partial charge on any atom is 0.258 e. The molecule has 1 aromatic heterocycles. The van der Waals surface area contributed by atoms with Crippen molar-refractivity contribution in [2.45, 2.75) is 6.54 Å². The average Bonchev–Trinajstić information content (AvgIpc) is 2.49. The van der Waals surface area contributed by atoms with Crippen LogP contribution in [0.15, 0.2) is 53.3 Å². The lowest BCUT2D eigenvalue weighted by molar-refractivity contribution is 0.840. The van der Waals surface area contributed by atoms with Gasteiger partial charge in [-0.25, -0.2) is 4.98 Å². The van der Waals surface area contributed by atoms with E-state index in [-0.39, 0.29) is 5.56 Å². The van der Waals surface area contributed by atoms with Gasteiger partial charge in [-0.3, -0.25) is 4.79 Å². The van der Waals surface area contributed by atoms with Gasteiger partial charge < -0.3 is 9.88 Å². The molecule has 0 saturated heterocycles.